The summed E-state index contributed by atoms with van der Waals surface area (Å²) >= 11 is 2.32. The molecule has 0 atom stereocenters. The van der Waals surface area contributed by atoms with Crippen molar-refractivity contribution in [2.75, 3.05) is 4.43 Å². The number of rotatable bonds is 7. The van der Waals surface area contributed by atoms with Crippen molar-refractivity contribution >= 4 is 39.5 Å². The molecule has 20 heavy (non-hydrogen) atoms. The number of halogens is 1. The number of para-hydroxylation sites is 1. The Balaban J connectivity index is 1.90. The van der Waals surface area contributed by atoms with Gasteiger partial charge in [0.25, 0.3) is 0 Å². The van der Waals surface area contributed by atoms with Crippen LogP contribution in [0.2, 0.25) is 0 Å². The maximum Gasteiger partial charge on any atom is 0.365 e. The van der Waals surface area contributed by atoms with Crippen molar-refractivity contribution in [1.82, 2.24) is 4.74 Å². The Morgan fingerprint density at radius 1 is 1.25 bits per heavy atom. The van der Waals surface area contributed by atoms with Crippen LogP contribution in [0.15, 0.2) is 33.6 Å². The zero-order valence-electron chi connectivity index (χ0n) is 11.0. The van der Waals surface area contributed by atoms with Gasteiger partial charge in [0.1, 0.15) is 0 Å². The average molecular weight is 389 g/mol. The predicted molar refractivity (Wildman–Crippen MR) is 83.9 cm³/mol. The normalized spacial score (nSPS) is 10.8. The molecule has 0 aliphatic carbocycles. The largest absolute Gasteiger partial charge is 0.441 e. The Bertz CT molecular complexity index is 631. The van der Waals surface area contributed by atoms with Crippen LogP contribution in [0, 0.1) is 0 Å². The van der Waals surface area contributed by atoms with E-state index in [1.54, 1.807) is 24.3 Å². The number of aromatic nitrogens is 1. The minimum Gasteiger partial charge on any atom is -0.441 e. The second-order valence-corrected chi connectivity index (χ2v) is 5.50. The van der Waals surface area contributed by atoms with E-state index in [4.69, 9.17) is 9.26 Å². The molecule has 5 nitrogen and oxygen atoms in total. The number of hydrogen-bond donors (Lipinski definition) is 0. The molecule has 0 saturated carbocycles. The molecule has 0 radical (unpaired) electrons. The summed E-state index contributed by atoms with van der Waals surface area (Å²) in [6.45, 7) is -0.0616. The second kappa shape index (κ2) is 7.47. The lowest BCUT2D eigenvalue weighted by Crippen LogP contribution is -2.09. The highest BCUT2D eigenvalue weighted by molar-refractivity contribution is 14.1. The van der Waals surface area contributed by atoms with Crippen LogP contribution in [0.5, 0.6) is 0 Å². The highest BCUT2D eigenvalue weighted by Gasteiger charge is 2.10. The topological polar surface area (TPSA) is 61.4 Å². The maximum absolute atomic E-state index is 11.6. The van der Waals surface area contributed by atoms with E-state index in [1.807, 2.05) is 0 Å². The third-order valence-corrected chi connectivity index (χ3v) is 3.71. The Labute approximate surface area is 130 Å². The number of unbranched alkanes of at least 4 members (excludes halogenated alkanes) is 2. The number of hydrogen-bond acceptors (Lipinski definition) is 4. The smallest absolute Gasteiger partial charge is 0.365 e. The fraction of sp³-hybridized carbons (Fsp3) is 0.429. The van der Waals surface area contributed by atoms with Crippen molar-refractivity contribution in [3.8, 4) is 0 Å². The van der Waals surface area contributed by atoms with Crippen molar-refractivity contribution in [3.05, 3.63) is 34.7 Å². The van der Waals surface area contributed by atoms with Crippen LogP contribution in [0.25, 0.3) is 10.9 Å². The highest BCUT2D eigenvalue weighted by atomic mass is 127. The summed E-state index contributed by atoms with van der Waals surface area (Å²) < 4.78 is 12.6. The monoisotopic (exact) mass is 389 g/mol. The number of fused-ring (bicyclic) bond motifs is 1. The van der Waals surface area contributed by atoms with E-state index in [0.29, 0.717) is 17.3 Å². The lowest BCUT2D eigenvalue weighted by Gasteiger charge is -2.05. The van der Waals surface area contributed by atoms with Gasteiger partial charge in [0.15, 0.2) is 6.73 Å². The molecule has 0 saturated heterocycles. The van der Waals surface area contributed by atoms with Gasteiger partial charge in [-0.1, -0.05) is 41.1 Å². The number of alkyl halides is 1. The first kappa shape index (κ1) is 15.1. The van der Waals surface area contributed by atoms with Crippen LogP contribution < -0.4 is 5.63 Å². The van der Waals surface area contributed by atoms with Crippen LogP contribution >= 0.6 is 22.6 Å². The summed E-state index contributed by atoms with van der Waals surface area (Å²) in [5.41, 5.74) is 0.217. The number of carbonyl (C=O) groups is 1. The molecule has 0 bridgehead atoms. The number of carbonyl (C=O) groups excluding carboxylic acids is 1. The van der Waals surface area contributed by atoms with Gasteiger partial charge in [0.2, 0.25) is 0 Å². The van der Waals surface area contributed by atoms with Gasteiger partial charge in [0.05, 0.1) is 10.9 Å². The van der Waals surface area contributed by atoms with Gasteiger partial charge >= 0.3 is 11.6 Å². The number of nitrogens with zero attached hydrogens (tertiary/aromatic N) is 1. The Kier molecular flexibility index (Phi) is 5.63. The molecule has 6 heteroatoms. The third-order valence-electron chi connectivity index (χ3n) is 2.94. The van der Waals surface area contributed by atoms with Crippen LogP contribution in [-0.2, 0) is 16.3 Å². The van der Waals surface area contributed by atoms with Gasteiger partial charge in [-0.05, 0) is 29.4 Å². The molecule has 2 rings (SSSR count). The lowest BCUT2D eigenvalue weighted by atomic mass is 10.2. The SMILES string of the molecule is O=C(CCCCCI)OCn1oc(=O)c2ccccc21. The molecule has 1 heterocycles. The molecule has 0 unspecified atom stereocenters. The van der Waals surface area contributed by atoms with Crippen LogP contribution in [0.3, 0.4) is 0 Å². The molecule has 0 fully saturated rings. The first-order valence-electron chi connectivity index (χ1n) is 6.53. The fourth-order valence-electron chi connectivity index (χ4n) is 1.90. The predicted octanol–water partition coefficient (Wildman–Crippen LogP) is 3.09. The molecule has 108 valence electrons. The van der Waals surface area contributed by atoms with E-state index in [0.717, 1.165) is 23.7 Å². The van der Waals surface area contributed by atoms with Gasteiger partial charge in [-0.15, -0.1) is 0 Å². The molecule has 2 aromatic rings. The van der Waals surface area contributed by atoms with Crippen LogP contribution in [0.4, 0.5) is 0 Å². The minimum atomic E-state index is -0.418. The molecule has 0 N–H and O–H groups in total. The second-order valence-electron chi connectivity index (χ2n) is 4.42. The van der Waals surface area contributed by atoms with E-state index >= 15 is 0 Å². The van der Waals surface area contributed by atoms with Gasteiger partial charge in [-0.3, -0.25) is 4.79 Å². The first-order chi connectivity index (χ1) is 9.72. The molecule has 0 spiro atoms. The summed E-state index contributed by atoms with van der Waals surface area (Å²) in [5.74, 6) is -0.265. The minimum absolute atomic E-state index is 0.0616. The Morgan fingerprint density at radius 3 is 2.85 bits per heavy atom. The molecule has 1 aromatic carbocycles. The van der Waals surface area contributed by atoms with E-state index < -0.39 is 5.63 Å². The fourth-order valence-corrected chi connectivity index (χ4v) is 2.44. The maximum atomic E-state index is 11.6. The summed E-state index contributed by atoms with van der Waals surface area (Å²) in [6.07, 6.45) is 3.38. The highest BCUT2D eigenvalue weighted by Crippen LogP contribution is 2.11. The van der Waals surface area contributed by atoms with E-state index in [9.17, 15) is 9.59 Å². The van der Waals surface area contributed by atoms with Crippen LogP contribution in [-0.4, -0.2) is 15.1 Å². The van der Waals surface area contributed by atoms with E-state index in [-0.39, 0.29) is 12.7 Å². The average Bonchev–Trinajstić information content (AvgIpc) is 2.79. The van der Waals surface area contributed by atoms with Gasteiger partial charge in [-0.25, -0.2) is 4.79 Å². The van der Waals surface area contributed by atoms with Crippen molar-refractivity contribution in [2.45, 2.75) is 32.4 Å². The first-order valence-corrected chi connectivity index (χ1v) is 8.05. The molecular formula is C14H16INO4. The van der Waals surface area contributed by atoms with Crippen molar-refractivity contribution < 1.29 is 14.1 Å². The van der Waals surface area contributed by atoms with Gasteiger partial charge in [0, 0.05) is 6.42 Å². The summed E-state index contributed by atoms with van der Waals surface area (Å²) in [7, 11) is 0. The molecule has 0 amide bonds. The number of esters is 1. The molecule has 0 aliphatic rings. The third kappa shape index (κ3) is 3.84. The Morgan fingerprint density at radius 2 is 2.05 bits per heavy atom. The number of ether oxygens (including phenoxy) is 1. The molecule has 1 aromatic heterocycles. The summed E-state index contributed by atoms with van der Waals surface area (Å²) in [5, 5.41) is 0.491. The number of benzene rings is 1. The zero-order chi connectivity index (χ0) is 14.4. The molecule has 0 aliphatic heterocycles. The van der Waals surface area contributed by atoms with Gasteiger partial charge < -0.3 is 9.26 Å². The quantitative estimate of drug-likeness (QED) is 0.316. The van der Waals surface area contributed by atoms with Crippen molar-refractivity contribution in [1.29, 1.82) is 0 Å². The Hall–Kier alpha value is -1.31. The van der Waals surface area contributed by atoms with Gasteiger partial charge in [-0.2, -0.15) is 4.74 Å². The van der Waals surface area contributed by atoms with Crippen LogP contribution in [0.1, 0.15) is 25.7 Å². The summed E-state index contributed by atoms with van der Waals surface area (Å²) in [4.78, 5) is 23.1. The summed E-state index contributed by atoms with van der Waals surface area (Å²) in [6, 6.07) is 7.01. The zero-order valence-corrected chi connectivity index (χ0v) is 13.2. The van der Waals surface area contributed by atoms with E-state index in [1.165, 1.54) is 4.74 Å². The van der Waals surface area contributed by atoms with Crippen molar-refractivity contribution in [3.63, 3.8) is 0 Å². The molecular weight excluding hydrogens is 373 g/mol. The lowest BCUT2D eigenvalue weighted by molar-refractivity contribution is -0.149. The van der Waals surface area contributed by atoms with E-state index in [2.05, 4.69) is 22.6 Å². The standard InChI is InChI=1S/C14H16INO4/c15-9-5-1-2-8-13(17)19-10-16-12-7-4-3-6-11(12)14(18)20-16/h3-4,6-7H,1-2,5,8-10H2. The van der Waals surface area contributed by atoms with Crippen molar-refractivity contribution in [2.24, 2.45) is 0 Å².